The Balaban J connectivity index is 1.68. The summed E-state index contributed by atoms with van der Waals surface area (Å²) in [5, 5.41) is 5.47. The van der Waals surface area contributed by atoms with Gasteiger partial charge in [-0.1, -0.05) is 12.1 Å². The molecule has 20 heavy (non-hydrogen) atoms. The highest BCUT2D eigenvalue weighted by molar-refractivity contribution is 5.89. The summed E-state index contributed by atoms with van der Waals surface area (Å²) >= 11 is 0. The molecule has 0 saturated carbocycles. The van der Waals surface area contributed by atoms with Gasteiger partial charge in [-0.3, -0.25) is 4.68 Å². The average molecular weight is 265 g/mol. The molecule has 1 fully saturated rings. The summed E-state index contributed by atoms with van der Waals surface area (Å²) in [4.78, 5) is 11.1. The lowest BCUT2D eigenvalue weighted by atomic mass is 10.2. The first-order valence-corrected chi connectivity index (χ1v) is 6.85. The number of hydrogen-bond donors (Lipinski definition) is 0. The topological polar surface area (TPSA) is 46.8 Å². The summed E-state index contributed by atoms with van der Waals surface area (Å²) in [5.74, 6) is 1.03. The summed E-state index contributed by atoms with van der Waals surface area (Å²) in [6.07, 6.45) is 6.62. The molecule has 1 aromatic carbocycles. The molecule has 4 rings (SSSR count). The van der Waals surface area contributed by atoms with Gasteiger partial charge in [-0.05, 0) is 24.6 Å². The molecule has 5 heteroatoms. The second kappa shape index (κ2) is 4.59. The second-order valence-corrected chi connectivity index (χ2v) is 5.09. The van der Waals surface area contributed by atoms with Gasteiger partial charge >= 0.3 is 0 Å². The van der Waals surface area contributed by atoms with E-state index < -0.39 is 0 Å². The van der Waals surface area contributed by atoms with Crippen LogP contribution in [0.1, 0.15) is 12.5 Å². The third-order valence-electron chi connectivity index (χ3n) is 3.88. The van der Waals surface area contributed by atoms with Crippen molar-refractivity contribution < 1.29 is 0 Å². The molecule has 1 atom stereocenters. The van der Waals surface area contributed by atoms with Crippen molar-refractivity contribution in [1.29, 1.82) is 0 Å². The molecule has 1 unspecified atom stereocenters. The summed E-state index contributed by atoms with van der Waals surface area (Å²) in [6.45, 7) is 1.95. The Bertz CT molecular complexity index is 717. The number of nitrogens with zero attached hydrogens (tertiary/aromatic N) is 5. The molecule has 5 nitrogen and oxygen atoms in total. The highest BCUT2D eigenvalue weighted by atomic mass is 15.3. The molecule has 0 amide bonds. The van der Waals surface area contributed by atoms with Gasteiger partial charge in [0.1, 0.15) is 12.1 Å². The van der Waals surface area contributed by atoms with Crippen molar-refractivity contribution in [2.45, 2.75) is 12.5 Å². The van der Waals surface area contributed by atoms with E-state index >= 15 is 0 Å². The van der Waals surface area contributed by atoms with Crippen molar-refractivity contribution in [2.24, 2.45) is 0 Å². The maximum atomic E-state index is 4.49. The molecule has 0 N–H and O–H groups in total. The zero-order valence-electron chi connectivity index (χ0n) is 11.1. The van der Waals surface area contributed by atoms with E-state index in [0.29, 0.717) is 6.04 Å². The Morgan fingerprint density at radius 2 is 2.05 bits per heavy atom. The Labute approximate surface area is 116 Å². The predicted octanol–water partition coefficient (Wildman–Crippen LogP) is 2.28. The van der Waals surface area contributed by atoms with Crippen molar-refractivity contribution >= 4 is 16.7 Å². The van der Waals surface area contributed by atoms with E-state index in [-0.39, 0.29) is 0 Å². The van der Waals surface area contributed by atoms with Gasteiger partial charge in [0.05, 0.1) is 11.6 Å². The molecule has 0 spiro atoms. The Hall–Kier alpha value is -2.43. The van der Waals surface area contributed by atoms with Crippen molar-refractivity contribution in [1.82, 2.24) is 19.7 Å². The third kappa shape index (κ3) is 1.82. The van der Waals surface area contributed by atoms with Crippen LogP contribution in [0.3, 0.4) is 0 Å². The lowest BCUT2D eigenvalue weighted by Crippen LogP contribution is -2.22. The smallest absolute Gasteiger partial charge is 0.139 e. The summed E-state index contributed by atoms with van der Waals surface area (Å²) in [6, 6.07) is 10.6. The molecule has 0 aliphatic carbocycles. The molecule has 2 aromatic heterocycles. The van der Waals surface area contributed by atoms with E-state index in [4.69, 9.17) is 0 Å². The number of anilines is 1. The molecule has 1 aliphatic rings. The SMILES string of the molecule is c1ccc2c(N3CCC(n4cccn4)C3)ncnc2c1. The first-order valence-electron chi connectivity index (χ1n) is 6.85. The van der Waals surface area contributed by atoms with Crippen LogP contribution in [-0.4, -0.2) is 32.8 Å². The quantitative estimate of drug-likeness (QED) is 0.713. The zero-order valence-corrected chi connectivity index (χ0v) is 11.1. The van der Waals surface area contributed by atoms with E-state index in [0.717, 1.165) is 36.2 Å². The summed E-state index contributed by atoms with van der Waals surface area (Å²) < 4.78 is 2.05. The summed E-state index contributed by atoms with van der Waals surface area (Å²) in [7, 11) is 0. The van der Waals surface area contributed by atoms with Gasteiger partial charge in [0.2, 0.25) is 0 Å². The highest BCUT2D eigenvalue weighted by Gasteiger charge is 2.26. The maximum Gasteiger partial charge on any atom is 0.139 e. The largest absolute Gasteiger partial charge is 0.354 e. The van der Waals surface area contributed by atoms with Crippen LogP contribution in [0, 0.1) is 0 Å². The van der Waals surface area contributed by atoms with Crippen molar-refractivity contribution in [3.63, 3.8) is 0 Å². The molecule has 1 saturated heterocycles. The Morgan fingerprint density at radius 3 is 2.95 bits per heavy atom. The normalized spacial score (nSPS) is 18.8. The Kier molecular flexibility index (Phi) is 2.62. The van der Waals surface area contributed by atoms with Gasteiger partial charge < -0.3 is 4.90 Å². The number of aromatic nitrogens is 4. The maximum absolute atomic E-state index is 4.49. The van der Waals surface area contributed by atoms with Gasteiger partial charge in [0, 0.05) is 30.9 Å². The van der Waals surface area contributed by atoms with Crippen LogP contribution in [0.5, 0.6) is 0 Å². The first-order chi connectivity index (χ1) is 9.92. The molecule has 0 bridgehead atoms. The van der Waals surface area contributed by atoms with E-state index in [1.807, 2.05) is 41.3 Å². The fourth-order valence-electron chi connectivity index (χ4n) is 2.89. The minimum absolute atomic E-state index is 0.429. The molecule has 0 radical (unpaired) electrons. The van der Waals surface area contributed by atoms with Gasteiger partial charge in [0.15, 0.2) is 0 Å². The first kappa shape index (κ1) is 11.4. The number of fused-ring (bicyclic) bond motifs is 1. The second-order valence-electron chi connectivity index (χ2n) is 5.09. The van der Waals surface area contributed by atoms with Crippen LogP contribution in [0.4, 0.5) is 5.82 Å². The molecule has 3 heterocycles. The van der Waals surface area contributed by atoms with Crippen LogP contribution in [-0.2, 0) is 0 Å². The predicted molar refractivity (Wildman–Crippen MR) is 77.6 cm³/mol. The fourth-order valence-corrected chi connectivity index (χ4v) is 2.89. The zero-order chi connectivity index (χ0) is 13.4. The van der Waals surface area contributed by atoms with E-state index in [1.54, 1.807) is 6.33 Å². The van der Waals surface area contributed by atoms with Gasteiger partial charge in [-0.15, -0.1) is 0 Å². The molecular weight excluding hydrogens is 250 g/mol. The van der Waals surface area contributed by atoms with Gasteiger partial charge in [-0.25, -0.2) is 9.97 Å². The molecular formula is C15H15N5. The van der Waals surface area contributed by atoms with Crippen LogP contribution in [0.15, 0.2) is 49.1 Å². The fraction of sp³-hybridized carbons (Fsp3) is 0.267. The lowest BCUT2D eigenvalue weighted by Gasteiger charge is -2.19. The van der Waals surface area contributed by atoms with E-state index in [2.05, 4.69) is 26.0 Å². The number of rotatable bonds is 2. The minimum Gasteiger partial charge on any atom is -0.354 e. The van der Waals surface area contributed by atoms with Crippen molar-refractivity contribution in [3.8, 4) is 0 Å². The van der Waals surface area contributed by atoms with Gasteiger partial charge in [0.25, 0.3) is 0 Å². The van der Waals surface area contributed by atoms with Gasteiger partial charge in [-0.2, -0.15) is 5.10 Å². The number of benzene rings is 1. The summed E-state index contributed by atoms with van der Waals surface area (Å²) in [5.41, 5.74) is 1.00. The average Bonchev–Trinajstić information content (AvgIpc) is 3.17. The van der Waals surface area contributed by atoms with Crippen LogP contribution in [0.25, 0.3) is 10.9 Å². The van der Waals surface area contributed by atoms with E-state index in [1.165, 1.54) is 0 Å². The van der Waals surface area contributed by atoms with Crippen LogP contribution >= 0.6 is 0 Å². The highest BCUT2D eigenvalue weighted by Crippen LogP contribution is 2.29. The third-order valence-corrected chi connectivity index (χ3v) is 3.88. The Morgan fingerprint density at radius 1 is 1.10 bits per heavy atom. The van der Waals surface area contributed by atoms with Crippen LogP contribution < -0.4 is 4.90 Å². The van der Waals surface area contributed by atoms with E-state index in [9.17, 15) is 0 Å². The number of para-hydroxylation sites is 1. The van der Waals surface area contributed by atoms with Crippen molar-refractivity contribution in [2.75, 3.05) is 18.0 Å². The molecule has 1 aliphatic heterocycles. The standard InChI is InChI=1S/C15H15N5/c1-2-5-14-13(4-1)15(17-11-16-14)19-9-6-12(10-19)20-8-3-7-18-20/h1-5,7-8,11-12H,6,9-10H2. The number of hydrogen-bond acceptors (Lipinski definition) is 4. The molecule has 3 aromatic rings. The van der Waals surface area contributed by atoms with Crippen molar-refractivity contribution in [3.05, 3.63) is 49.1 Å². The molecule has 100 valence electrons. The van der Waals surface area contributed by atoms with Crippen LogP contribution in [0.2, 0.25) is 0 Å². The monoisotopic (exact) mass is 265 g/mol. The lowest BCUT2D eigenvalue weighted by molar-refractivity contribution is 0.494. The minimum atomic E-state index is 0.429.